The van der Waals surface area contributed by atoms with E-state index in [1.807, 2.05) is 25.1 Å². The van der Waals surface area contributed by atoms with Crippen molar-refractivity contribution >= 4 is 28.6 Å². The van der Waals surface area contributed by atoms with Crippen molar-refractivity contribution in [1.82, 2.24) is 9.55 Å². The Hall–Kier alpha value is -2.07. The Kier molecular flexibility index (Phi) is 2.68. The molecule has 96 valence electrons. The number of hydrogen-bond acceptors (Lipinski definition) is 2. The number of nitrogens with zero attached hydrogens (tertiary/aromatic N) is 2. The fraction of sp³-hybridized carbons (Fsp3) is 0.0714. The largest absolute Gasteiger partial charge is 0.369 e. The molecule has 19 heavy (non-hydrogen) atoms. The van der Waals surface area contributed by atoms with Gasteiger partial charge in [0.1, 0.15) is 5.82 Å². The van der Waals surface area contributed by atoms with Crippen molar-refractivity contribution in [3.05, 3.63) is 52.8 Å². The second-order valence-electron chi connectivity index (χ2n) is 4.39. The number of nitrogens with two attached hydrogens (primary N) is 1. The molecule has 0 saturated carbocycles. The summed E-state index contributed by atoms with van der Waals surface area (Å²) in [5, 5.41) is 0.425. The van der Waals surface area contributed by atoms with E-state index in [0.717, 1.165) is 16.6 Å². The number of hydrogen-bond donors (Lipinski definition) is 1. The molecular weight excluding hydrogens is 265 g/mol. The van der Waals surface area contributed by atoms with Gasteiger partial charge in [-0.1, -0.05) is 17.7 Å². The van der Waals surface area contributed by atoms with Gasteiger partial charge in [-0.25, -0.2) is 9.37 Å². The minimum Gasteiger partial charge on any atom is -0.369 e. The molecule has 0 unspecified atom stereocenters. The van der Waals surface area contributed by atoms with E-state index in [9.17, 15) is 4.39 Å². The lowest BCUT2D eigenvalue weighted by Crippen LogP contribution is -2.01. The first-order valence-corrected chi connectivity index (χ1v) is 6.14. The second kappa shape index (κ2) is 4.24. The molecular formula is C14H11ClFN3. The Morgan fingerprint density at radius 2 is 2.00 bits per heavy atom. The van der Waals surface area contributed by atoms with Crippen molar-refractivity contribution in [2.24, 2.45) is 0 Å². The molecule has 0 saturated heterocycles. The summed E-state index contributed by atoms with van der Waals surface area (Å²) in [6.07, 6.45) is 0. The normalized spacial score (nSPS) is 11.1. The van der Waals surface area contributed by atoms with Crippen LogP contribution in [0.3, 0.4) is 0 Å². The molecule has 0 bridgehead atoms. The van der Waals surface area contributed by atoms with Gasteiger partial charge in [0, 0.05) is 0 Å². The van der Waals surface area contributed by atoms with Gasteiger partial charge in [-0.2, -0.15) is 0 Å². The molecule has 0 radical (unpaired) electrons. The number of fused-ring (bicyclic) bond motifs is 1. The van der Waals surface area contributed by atoms with Crippen LogP contribution in [0.5, 0.6) is 0 Å². The third-order valence-corrected chi connectivity index (χ3v) is 3.30. The monoisotopic (exact) mass is 275 g/mol. The van der Waals surface area contributed by atoms with E-state index in [0.29, 0.717) is 10.7 Å². The lowest BCUT2D eigenvalue weighted by atomic mass is 10.2. The Morgan fingerprint density at radius 3 is 2.79 bits per heavy atom. The van der Waals surface area contributed by atoms with Crippen molar-refractivity contribution in [2.45, 2.75) is 6.92 Å². The maximum atomic E-state index is 13.4. The second-order valence-corrected chi connectivity index (χ2v) is 4.80. The highest BCUT2D eigenvalue weighted by Gasteiger charge is 2.13. The summed E-state index contributed by atoms with van der Waals surface area (Å²) in [6, 6.07) is 9.94. The topological polar surface area (TPSA) is 43.8 Å². The predicted molar refractivity (Wildman–Crippen MR) is 75.2 cm³/mol. The van der Waals surface area contributed by atoms with Crippen molar-refractivity contribution in [3.8, 4) is 5.69 Å². The molecule has 0 aliphatic rings. The zero-order valence-electron chi connectivity index (χ0n) is 10.2. The van der Waals surface area contributed by atoms with Crippen molar-refractivity contribution in [3.63, 3.8) is 0 Å². The SMILES string of the molecule is Cc1ccc2nc(N)n(-c3cc(F)ccc3Cl)c2c1. The van der Waals surface area contributed by atoms with E-state index in [2.05, 4.69) is 4.98 Å². The smallest absolute Gasteiger partial charge is 0.205 e. The lowest BCUT2D eigenvalue weighted by Gasteiger charge is -2.09. The molecule has 1 aromatic heterocycles. The van der Waals surface area contributed by atoms with Gasteiger partial charge < -0.3 is 5.73 Å². The maximum Gasteiger partial charge on any atom is 0.205 e. The third-order valence-electron chi connectivity index (χ3n) is 2.99. The number of anilines is 1. The van der Waals surface area contributed by atoms with Gasteiger partial charge in [0.2, 0.25) is 5.95 Å². The molecule has 0 aliphatic carbocycles. The Balaban J connectivity index is 2.38. The molecule has 3 rings (SSSR count). The molecule has 0 atom stereocenters. The number of rotatable bonds is 1. The minimum absolute atomic E-state index is 0.285. The van der Waals surface area contributed by atoms with E-state index < -0.39 is 0 Å². The van der Waals surface area contributed by atoms with Crippen LogP contribution in [0.25, 0.3) is 16.7 Å². The van der Waals surface area contributed by atoms with Gasteiger partial charge in [0.15, 0.2) is 0 Å². The fourth-order valence-corrected chi connectivity index (χ4v) is 2.32. The summed E-state index contributed by atoms with van der Waals surface area (Å²) < 4.78 is 15.1. The van der Waals surface area contributed by atoms with Gasteiger partial charge in [-0.3, -0.25) is 4.57 Å². The summed E-state index contributed by atoms with van der Waals surface area (Å²) in [4.78, 5) is 4.26. The van der Waals surface area contributed by atoms with E-state index in [1.165, 1.54) is 18.2 Å². The molecule has 1 heterocycles. The van der Waals surface area contributed by atoms with Crippen molar-refractivity contribution in [2.75, 3.05) is 5.73 Å². The zero-order chi connectivity index (χ0) is 13.6. The summed E-state index contributed by atoms with van der Waals surface area (Å²) in [5.41, 5.74) is 9.05. The minimum atomic E-state index is -0.367. The maximum absolute atomic E-state index is 13.4. The van der Waals surface area contributed by atoms with Crippen LogP contribution in [-0.4, -0.2) is 9.55 Å². The van der Waals surface area contributed by atoms with Crippen LogP contribution in [0, 0.1) is 12.7 Å². The van der Waals surface area contributed by atoms with Crippen molar-refractivity contribution < 1.29 is 4.39 Å². The Morgan fingerprint density at radius 1 is 1.21 bits per heavy atom. The van der Waals surface area contributed by atoms with Crippen LogP contribution >= 0.6 is 11.6 Å². The highest BCUT2D eigenvalue weighted by atomic mass is 35.5. The summed E-state index contributed by atoms with van der Waals surface area (Å²) in [6.45, 7) is 1.97. The number of benzene rings is 2. The zero-order valence-corrected chi connectivity index (χ0v) is 10.9. The van der Waals surface area contributed by atoms with Crippen LogP contribution in [0.1, 0.15) is 5.56 Å². The Labute approximate surface area is 114 Å². The number of aromatic nitrogens is 2. The fourth-order valence-electron chi connectivity index (χ4n) is 2.11. The molecule has 5 heteroatoms. The summed E-state index contributed by atoms with van der Waals surface area (Å²) >= 11 is 6.13. The lowest BCUT2D eigenvalue weighted by molar-refractivity contribution is 0.627. The predicted octanol–water partition coefficient (Wildman–Crippen LogP) is 3.71. The van der Waals surface area contributed by atoms with Gasteiger partial charge in [-0.15, -0.1) is 0 Å². The third kappa shape index (κ3) is 1.94. The van der Waals surface area contributed by atoms with Gasteiger partial charge in [-0.05, 0) is 42.8 Å². The molecule has 0 aliphatic heterocycles. The molecule has 2 aromatic carbocycles. The quantitative estimate of drug-likeness (QED) is 0.736. The molecule has 0 fully saturated rings. The van der Waals surface area contributed by atoms with E-state index >= 15 is 0 Å². The van der Waals surface area contributed by atoms with E-state index in [-0.39, 0.29) is 11.8 Å². The molecule has 0 amide bonds. The first kappa shape index (κ1) is 12.0. The van der Waals surface area contributed by atoms with Crippen molar-refractivity contribution in [1.29, 1.82) is 0 Å². The summed E-state index contributed by atoms with van der Waals surface area (Å²) in [5.74, 6) is -0.0820. The summed E-state index contributed by atoms with van der Waals surface area (Å²) in [7, 11) is 0. The van der Waals surface area contributed by atoms with Gasteiger partial charge in [0.05, 0.1) is 21.7 Å². The number of nitrogen functional groups attached to an aromatic ring is 1. The highest BCUT2D eigenvalue weighted by molar-refractivity contribution is 6.32. The molecule has 0 spiro atoms. The number of halogens is 2. The van der Waals surface area contributed by atoms with Crippen LogP contribution in [0.4, 0.5) is 10.3 Å². The number of imidazole rings is 1. The van der Waals surface area contributed by atoms with Gasteiger partial charge in [0.25, 0.3) is 0 Å². The molecule has 3 aromatic rings. The van der Waals surface area contributed by atoms with E-state index in [4.69, 9.17) is 17.3 Å². The average Bonchev–Trinajstić information content (AvgIpc) is 2.68. The van der Waals surface area contributed by atoms with E-state index in [1.54, 1.807) is 4.57 Å². The van der Waals surface area contributed by atoms with Crippen LogP contribution in [-0.2, 0) is 0 Å². The molecule has 2 N–H and O–H groups in total. The highest BCUT2D eigenvalue weighted by Crippen LogP contribution is 2.29. The first-order chi connectivity index (χ1) is 9.06. The van der Waals surface area contributed by atoms with Crippen LogP contribution in [0.2, 0.25) is 5.02 Å². The van der Waals surface area contributed by atoms with Crippen LogP contribution in [0.15, 0.2) is 36.4 Å². The van der Waals surface area contributed by atoms with Gasteiger partial charge >= 0.3 is 0 Å². The number of aryl methyl sites for hydroxylation is 1. The average molecular weight is 276 g/mol. The first-order valence-electron chi connectivity index (χ1n) is 5.76. The van der Waals surface area contributed by atoms with Crippen LogP contribution < -0.4 is 5.73 Å². The standard InChI is InChI=1S/C14H11ClFN3/c1-8-2-5-11-13(6-8)19(14(17)18-11)12-7-9(16)3-4-10(12)15/h2-7H,1H3,(H2,17,18). The molecule has 3 nitrogen and oxygen atoms in total. The Bertz CT molecular complexity index is 780.